The molecule has 1 N–H and O–H groups in total. The molecule has 2 rings (SSSR count). The van der Waals surface area contributed by atoms with Crippen LogP contribution in [0.2, 0.25) is 0 Å². The molecule has 0 aliphatic heterocycles. The zero-order valence-electron chi connectivity index (χ0n) is 9.14. The van der Waals surface area contributed by atoms with Crippen molar-refractivity contribution in [3.05, 3.63) is 39.9 Å². The Balaban J connectivity index is 2.26. The first-order valence-corrected chi connectivity index (χ1v) is 5.69. The first-order valence-electron chi connectivity index (χ1n) is 4.87. The van der Waals surface area contributed by atoms with Gasteiger partial charge >= 0.3 is 6.18 Å². The summed E-state index contributed by atoms with van der Waals surface area (Å²) in [6, 6.07) is 0. The molecule has 1 atom stereocenters. The lowest BCUT2D eigenvalue weighted by Gasteiger charge is -2.06. The van der Waals surface area contributed by atoms with Crippen LogP contribution in [0.1, 0.15) is 27.4 Å². The van der Waals surface area contributed by atoms with E-state index in [0.29, 0.717) is 11.3 Å². The molecule has 4 nitrogen and oxygen atoms in total. The van der Waals surface area contributed by atoms with Gasteiger partial charge in [0.1, 0.15) is 6.10 Å². The maximum Gasteiger partial charge on any atom is 0.443 e. The van der Waals surface area contributed by atoms with E-state index >= 15 is 0 Å². The number of aryl methyl sites for hydroxylation is 1. The van der Waals surface area contributed by atoms with Crippen molar-refractivity contribution < 1.29 is 18.3 Å². The molecular formula is C10H8F3N3OS. The predicted octanol–water partition coefficient (Wildman–Crippen LogP) is 2.34. The van der Waals surface area contributed by atoms with E-state index in [-0.39, 0.29) is 10.7 Å². The number of hydrogen-bond donors (Lipinski definition) is 1. The number of hydrogen-bond acceptors (Lipinski definition) is 5. The van der Waals surface area contributed by atoms with Crippen LogP contribution in [0.15, 0.2) is 18.6 Å². The summed E-state index contributed by atoms with van der Waals surface area (Å²) in [6.45, 7) is 1.77. The highest BCUT2D eigenvalue weighted by Gasteiger charge is 2.35. The minimum absolute atomic E-state index is 0.0537. The minimum atomic E-state index is -4.50. The molecule has 18 heavy (non-hydrogen) atoms. The molecule has 8 heteroatoms. The highest BCUT2D eigenvalue weighted by molar-refractivity contribution is 7.11. The van der Waals surface area contributed by atoms with Crippen LogP contribution in [0, 0.1) is 6.92 Å². The van der Waals surface area contributed by atoms with Gasteiger partial charge in [0.15, 0.2) is 10.8 Å². The van der Waals surface area contributed by atoms with Crippen molar-refractivity contribution in [3.8, 4) is 0 Å². The fourth-order valence-corrected chi connectivity index (χ4v) is 1.98. The van der Waals surface area contributed by atoms with Crippen LogP contribution in [0.5, 0.6) is 0 Å². The van der Waals surface area contributed by atoms with Crippen LogP contribution in [-0.4, -0.2) is 20.1 Å². The number of aliphatic hydroxyl groups excluding tert-OH is 1. The average molecular weight is 275 g/mol. The molecule has 0 aliphatic rings. The molecule has 2 aromatic rings. The standard InChI is InChI=1S/C10H8F3N3OS/c1-5-2-14-8(15-3-5)7(17)6-4-16-9(18-6)10(11,12)13/h2-4,7,17H,1H3. The van der Waals surface area contributed by atoms with Crippen LogP contribution < -0.4 is 0 Å². The maximum absolute atomic E-state index is 12.4. The molecule has 2 heterocycles. The van der Waals surface area contributed by atoms with Crippen molar-refractivity contribution in [2.24, 2.45) is 0 Å². The summed E-state index contributed by atoms with van der Waals surface area (Å²) in [5.41, 5.74) is 0.797. The number of nitrogens with zero attached hydrogens (tertiary/aromatic N) is 3. The van der Waals surface area contributed by atoms with Gasteiger partial charge < -0.3 is 5.11 Å². The second-order valence-corrected chi connectivity index (χ2v) is 4.65. The van der Waals surface area contributed by atoms with Gasteiger partial charge in [-0.05, 0) is 12.5 Å². The van der Waals surface area contributed by atoms with Gasteiger partial charge in [-0.15, -0.1) is 11.3 Å². The number of rotatable bonds is 2. The molecule has 0 aromatic carbocycles. The van der Waals surface area contributed by atoms with E-state index < -0.39 is 17.3 Å². The third kappa shape index (κ3) is 2.65. The van der Waals surface area contributed by atoms with Gasteiger partial charge in [-0.2, -0.15) is 13.2 Å². The number of thiazole rings is 1. The topological polar surface area (TPSA) is 58.9 Å². The zero-order chi connectivity index (χ0) is 13.3. The highest BCUT2D eigenvalue weighted by atomic mass is 32.1. The zero-order valence-corrected chi connectivity index (χ0v) is 9.96. The highest BCUT2D eigenvalue weighted by Crippen LogP contribution is 2.35. The Morgan fingerprint density at radius 1 is 1.17 bits per heavy atom. The molecule has 96 valence electrons. The lowest BCUT2D eigenvalue weighted by molar-refractivity contribution is -0.137. The molecule has 0 radical (unpaired) electrons. The van der Waals surface area contributed by atoms with Crippen LogP contribution in [0.25, 0.3) is 0 Å². The summed E-state index contributed by atoms with van der Waals surface area (Å²) < 4.78 is 37.1. The number of aromatic nitrogens is 3. The molecule has 0 spiro atoms. The van der Waals surface area contributed by atoms with Crippen molar-refractivity contribution >= 4 is 11.3 Å². The Hall–Kier alpha value is -1.54. The fraction of sp³-hybridized carbons (Fsp3) is 0.300. The van der Waals surface area contributed by atoms with E-state index in [4.69, 9.17) is 0 Å². The van der Waals surface area contributed by atoms with Gasteiger partial charge in [0.05, 0.1) is 4.88 Å². The third-order valence-electron chi connectivity index (χ3n) is 2.08. The van der Waals surface area contributed by atoms with Crippen molar-refractivity contribution in [2.45, 2.75) is 19.2 Å². The summed E-state index contributed by atoms with van der Waals surface area (Å²) >= 11 is 0.381. The molecule has 1 unspecified atom stereocenters. The Morgan fingerprint density at radius 2 is 1.78 bits per heavy atom. The third-order valence-corrected chi connectivity index (χ3v) is 3.18. The van der Waals surface area contributed by atoms with E-state index in [9.17, 15) is 18.3 Å². The maximum atomic E-state index is 12.4. The summed E-state index contributed by atoms with van der Waals surface area (Å²) in [7, 11) is 0. The van der Waals surface area contributed by atoms with E-state index in [1.807, 2.05) is 0 Å². The molecule has 2 aromatic heterocycles. The Kier molecular flexibility index (Phi) is 3.31. The van der Waals surface area contributed by atoms with E-state index in [0.717, 1.165) is 11.8 Å². The summed E-state index contributed by atoms with van der Waals surface area (Å²) in [5, 5.41) is 8.84. The molecule has 0 saturated carbocycles. The molecule has 0 bridgehead atoms. The molecule has 0 fully saturated rings. The van der Waals surface area contributed by atoms with Crippen molar-refractivity contribution in [1.29, 1.82) is 0 Å². The molecule has 0 amide bonds. The van der Waals surface area contributed by atoms with E-state index in [2.05, 4.69) is 15.0 Å². The number of halogens is 3. The van der Waals surface area contributed by atoms with Gasteiger partial charge in [0.25, 0.3) is 0 Å². The van der Waals surface area contributed by atoms with Gasteiger partial charge in [0.2, 0.25) is 0 Å². The summed E-state index contributed by atoms with van der Waals surface area (Å²) in [4.78, 5) is 11.0. The largest absolute Gasteiger partial charge is 0.443 e. The van der Waals surface area contributed by atoms with Crippen LogP contribution in [0.4, 0.5) is 13.2 Å². The van der Waals surface area contributed by atoms with Crippen LogP contribution in [0.3, 0.4) is 0 Å². The molecule has 0 saturated heterocycles. The molecular weight excluding hydrogens is 267 g/mol. The van der Waals surface area contributed by atoms with Gasteiger partial charge in [-0.1, -0.05) is 0 Å². The first kappa shape index (κ1) is 12.9. The predicted molar refractivity (Wildman–Crippen MR) is 57.9 cm³/mol. The number of alkyl halides is 3. The smallest absolute Gasteiger partial charge is 0.379 e. The van der Waals surface area contributed by atoms with Crippen LogP contribution in [-0.2, 0) is 6.18 Å². The first-order chi connectivity index (χ1) is 8.38. The van der Waals surface area contributed by atoms with Gasteiger partial charge in [-0.25, -0.2) is 15.0 Å². The number of aliphatic hydroxyl groups is 1. The average Bonchev–Trinajstić information content (AvgIpc) is 2.78. The van der Waals surface area contributed by atoms with E-state index in [1.54, 1.807) is 6.92 Å². The lowest BCUT2D eigenvalue weighted by atomic mass is 10.3. The fourth-order valence-electron chi connectivity index (χ4n) is 1.22. The van der Waals surface area contributed by atoms with Gasteiger partial charge in [0, 0.05) is 18.6 Å². The monoisotopic (exact) mass is 275 g/mol. The summed E-state index contributed by atoms with van der Waals surface area (Å²) in [6.07, 6.45) is -1.84. The van der Waals surface area contributed by atoms with E-state index in [1.165, 1.54) is 12.4 Å². The Bertz CT molecular complexity index is 538. The Morgan fingerprint density at radius 3 is 2.28 bits per heavy atom. The molecule has 0 aliphatic carbocycles. The van der Waals surface area contributed by atoms with Crippen molar-refractivity contribution in [1.82, 2.24) is 15.0 Å². The van der Waals surface area contributed by atoms with Crippen molar-refractivity contribution in [3.63, 3.8) is 0 Å². The lowest BCUT2D eigenvalue weighted by Crippen LogP contribution is -2.04. The normalized spacial score (nSPS) is 13.6. The summed E-state index contributed by atoms with van der Waals surface area (Å²) in [5.74, 6) is 0.0537. The van der Waals surface area contributed by atoms with Crippen molar-refractivity contribution in [2.75, 3.05) is 0 Å². The minimum Gasteiger partial charge on any atom is -0.379 e. The second kappa shape index (κ2) is 4.62. The van der Waals surface area contributed by atoms with Crippen LogP contribution >= 0.6 is 11.3 Å². The SMILES string of the molecule is Cc1cnc(C(O)c2cnc(C(F)(F)F)s2)nc1. The Labute approximate surface area is 104 Å². The van der Waals surface area contributed by atoms with Gasteiger partial charge in [-0.3, -0.25) is 0 Å². The second-order valence-electron chi connectivity index (χ2n) is 3.59. The quantitative estimate of drug-likeness (QED) is 0.914.